The molecule has 17 heavy (non-hydrogen) atoms. The number of rotatable bonds is 6. The van der Waals surface area contributed by atoms with E-state index in [2.05, 4.69) is 13.8 Å². The van der Waals surface area contributed by atoms with Crippen molar-refractivity contribution >= 4 is 12.6 Å². The summed E-state index contributed by atoms with van der Waals surface area (Å²) in [4.78, 5) is 0. The first kappa shape index (κ1) is 14.1. The number of benzene rings is 1. The molecule has 3 nitrogen and oxygen atoms in total. The Morgan fingerprint density at radius 2 is 2.06 bits per heavy atom. The number of ether oxygens (including phenoxy) is 1. The highest BCUT2D eigenvalue weighted by Gasteiger charge is 2.12. The maximum Gasteiger partial charge on any atom is 0.488 e. The van der Waals surface area contributed by atoms with Crippen LogP contribution in [0.15, 0.2) is 18.2 Å². The summed E-state index contributed by atoms with van der Waals surface area (Å²) in [6, 6.07) is 5.21. The second-order valence-corrected chi connectivity index (χ2v) is 4.60. The minimum absolute atomic E-state index is 0.497. The molecule has 0 radical (unpaired) electrons. The van der Waals surface area contributed by atoms with E-state index in [1.807, 2.05) is 6.92 Å². The summed E-state index contributed by atoms with van der Waals surface area (Å²) < 4.78 is 5.72. The molecule has 1 aromatic carbocycles. The standard InChI is InChI=1S/C13H21BO3/c1-4-5-10(2)9-17-13-7-6-12(14(15)16)8-11(13)3/h6-8,10,15-16H,4-5,9H2,1-3H3. The Labute approximate surface area is 104 Å². The molecule has 0 aliphatic carbocycles. The molecule has 0 fully saturated rings. The van der Waals surface area contributed by atoms with E-state index in [-0.39, 0.29) is 0 Å². The zero-order chi connectivity index (χ0) is 12.8. The van der Waals surface area contributed by atoms with Crippen molar-refractivity contribution in [2.45, 2.75) is 33.6 Å². The lowest BCUT2D eigenvalue weighted by molar-refractivity contribution is 0.250. The molecule has 1 aromatic rings. The molecule has 0 saturated heterocycles. The molecule has 0 spiro atoms. The molecule has 0 aromatic heterocycles. The topological polar surface area (TPSA) is 49.7 Å². The molecule has 0 bridgehead atoms. The molecule has 94 valence electrons. The predicted octanol–water partition coefficient (Wildman–Crippen LogP) is 1.49. The lowest BCUT2D eigenvalue weighted by Crippen LogP contribution is -2.29. The summed E-state index contributed by atoms with van der Waals surface area (Å²) in [5.41, 5.74) is 1.43. The van der Waals surface area contributed by atoms with Gasteiger partial charge in [0, 0.05) is 0 Å². The number of aryl methyl sites for hydroxylation is 1. The summed E-state index contributed by atoms with van der Waals surface area (Å²) in [6.07, 6.45) is 2.33. The third-order valence-corrected chi connectivity index (χ3v) is 2.80. The van der Waals surface area contributed by atoms with Crippen LogP contribution in [0.1, 0.15) is 32.3 Å². The quantitative estimate of drug-likeness (QED) is 0.735. The Morgan fingerprint density at radius 3 is 2.59 bits per heavy atom. The van der Waals surface area contributed by atoms with Gasteiger partial charge in [-0.1, -0.05) is 32.4 Å². The Bertz CT molecular complexity index is 353. The van der Waals surface area contributed by atoms with Gasteiger partial charge in [-0.05, 0) is 36.4 Å². The van der Waals surface area contributed by atoms with Crippen LogP contribution in [0.3, 0.4) is 0 Å². The summed E-state index contributed by atoms with van der Waals surface area (Å²) in [5.74, 6) is 1.36. The maximum atomic E-state index is 9.04. The van der Waals surface area contributed by atoms with Crippen LogP contribution in [-0.4, -0.2) is 23.8 Å². The van der Waals surface area contributed by atoms with Gasteiger partial charge in [0.1, 0.15) is 5.75 Å². The maximum absolute atomic E-state index is 9.04. The minimum Gasteiger partial charge on any atom is -0.493 e. The lowest BCUT2D eigenvalue weighted by Gasteiger charge is -2.14. The van der Waals surface area contributed by atoms with Crippen molar-refractivity contribution in [1.82, 2.24) is 0 Å². The summed E-state index contributed by atoms with van der Waals surface area (Å²) in [7, 11) is -1.42. The first-order valence-electron chi connectivity index (χ1n) is 6.14. The van der Waals surface area contributed by atoms with Crippen molar-refractivity contribution in [3.8, 4) is 5.75 Å². The zero-order valence-corrected chi connectivity index (χ0v) is 10.8. The monoisotopic (exact) mass is 236 g/mol. The van der Waals surface area contributed by atoms with E-state index >= 15 is 0 Å². The van der Waals surface area contributed by atoms with E-state index in [0.29, 0.717) is 18.0 Å². The van der Waals surface area contributed by atoms with Gasteiger partial charge >= 0.3 is 7.12 Å². The second kappa shape index (κ2) is 6.67. The molecule has 1 rings (SSSR count). The van der Waals surface area contributed by atoms with Gasteiger partial charge in [0.25, 0.3) is 0 Å². The SMILES string of the molecule is CCCC(C)COc1ccc(B(O)O)cc1C. The van der Waals surface area contributed by atoms with E-state index in [9.17, 15) is 0 Å². The molecule has 1 atom stereocenters. The molecule has 0 aliphatic heterocycles. The molecular weight excluding hydrogens is 215 g/mol. The average Bonchev–Trinajstić information content (AvgIpc) is 2.27. The predicted molar refractivity (Wildman–Crippen MR) is 70.6 cm³/mol. The van der Waals surface area contributed by atoms with Crippen LogP contribution in [-0.2, 0) is 0 Å². The largest absolute Gasteiger partial charge is 0.493 e. The van der Waals surface area contributed by atoms with Crippen LogP contribution in [0.4, 0.5) is 0 Å². The number of hydrogen-bond acceptors (Lipinski definition) is 3. The van der Waals surface area contributed by atoms with Gasteiger partial charge < -0.3 is 14.8 Å². The highest BCUT2D eigenvalue weighted by atomic mass is 16.5. The van der Waals surface area contributed by atoms with Crippen molar-refractivity contribution in [2.75, 3.05) is 6.61 Å². The summed E-state index contributed by atoms with van der Waals surface area (Å²) >= 11 is 0. The van der Waals surface area contributed by atoms with Crippen molar-refractivity contribution in [3.05, 3.63) is 23.8 Å². The second-order valence-electron chi connectivity index (χ2n) is 4.60. The third-order valence-electron chi connectivity index (χ3n) is 2.80. The highest BCUT2D eigenvalue weighted by Crippen LogP contribution is 2.17. The van der Waals surface area contributed by atoms with Gasteiger partial charge in [-0.2, -0.15) is 0 Å². The van der Waals surface area contributed by atoms with Gasteiger partial charge in [0.15, 0.2) is 0 Å². The smallest absolute Gasteiger partial charge is 0.488 e. The van der Waals surface area contributed by atoms with Crippen molar-refractivity contribution in [3.63, 3.8) is 0 Å². The van der Waals surface area contributed by atoms with E-state index in [0.717, 1.165) is 17.7 Å². The molecule has 0 aliphatic rings. The van der Waals surface area contributed by atoms with Gasteiger partial charge in [0.05, 0.1) is 6.61 Å². The van der Waals surface area contributed by atoms with Crippen LogP contribution in [0.2, 0.25) is 0 Å². The first-order chi connectivity index (χ1) is 8.04. The fourth-order valence-electron chi connectivity index (χ4n) is 1.80. The van der Waals surface area contributed by atoms with E-state index in [1.165, 1.54) is 6.42 Å². The Balaban J connectivity index is 2.60. The van der Waals surface area contributed by atoms with Crippen LogP contribution in [0, 0.1) is 12.8 Å². The molecule has 0 amide bonds. The van der Waals surface area contributed by atoms with Crippen LogP contribution in [0.5, 0.6) is 5.75 Å². The van der Waals surface area contributed by atoms with Gasteiger partial charge in [-0.15, -0.1) is 0 Å². The normalized spacial score (nSPS) is 12.3. The number of hydrogen-bond donors (Lipinski definition) is 2. The van der Waals surface area contributed by atoms with Crippen molar-refractivity contribution in [2.24, 2.45) is 5.92 Å². The molecule has 0 heterocycles. The minimum atomic E-state index is -1.42. The van der Waals surface area contributed by atoms with Crippen molar-refractivity contribution < 1.29 is 14.8 Å². The van der Waals surface area contributed by atoms with Gasteiger partial charge in [0.2, 0.25) is 0 Å². The average molecular weight is 236 g/mol. The highest BCUT2D eigenvalue weighted by molar-refractivity contribution is 6.58. The van der Waals surface area contributed by atoms with E-state index < -0.39 is 7.12 Å². The van der Waals surface area contributed by atoms with Crippen LogP contribution < -0.4 is 10.2 Å². The van der Waals surface area contributed by atoms with Crippen molar-refractivity contribution in [1.29, 1.82) is 0 Å². The Kier molecular flexibility index (Phi) is 5.52. The lowest BCUT2D eigenvalue weighted by atomic mass is 9.79. The Hall–Kier alpha value is -0.995. The van der Waals surface area contributed by atoms with Crippen LogP contribution >= 0.6 is 0 Å². The zero-order valence-electron chi connectivity index (χ0n) is 10.8. The van der Waals surface area contributed by atoms with Gasteiger partial charge in [-0.25, -0.2) is 0 Å². The third kappa shape index (κ3) is 4.40. The molecule has 0 saturated carbocycles. The molecule has 1 unspecified atom stereocenters. The molecule has 2 N–H and O–H groups in total. The summed E-state index contributed by atoms with van der Waals surface area (Å²) in [6.45, 7) is 6.95. The van der Waals surface area contributed by atoms with E-state index in [1.54, 1.807) is 18.2 Å². The summed E-state index contributed by atoms with van der Waals surface area (Å²) in [5, 5.41) is 18.1. The molecular formula is C13H21BO3. The van der Waals surface area contributed by atoms with Crippen LogP contribution in [0.25, 0.3) is 0 Å². The Morgan fingerprint density at radius 1 is 1.35 bits per heavy atom. The van der Waals surface area contributed by atoms with E-state index in [4.69, 9.17) is 14.8 Å². The fourth-order valence-corrected chi connectivity index (χ4v) is 1.80. The van der Waals surface area contributed by atoms with Gasteiger partial charge in [-0.3, -0.25) is 0 Å². The molecule has 4 heteroatoms. The fraction of sp³-hybridized carbons (Fsp3) is 0.538. The first-order valence-corrected chi connectivity index (χ1v) is 6.14.